The quantitative estimate of drug-likeness (QED) is 0.267. The van der Waals surface area contributed by atoms with Crippen molar-refractivity contribution in [1.29, 1.82) is 0 Å². The molecular weight excluding hydrogens is 501 g/mol. The Labute approximate surface area is 202 Å². The highest BCUT2D eigenvalue weighted by Gasteiger charge is 2.24. The predicted octanol–water partition coefficient (Wildman–Crippen LogP) is 4.43. The van der Waals surface area contributed by atoms with Crippen LogP contribution in [-0.2, 0) is 17.8 Å². The summed E-state index contributed by atoms with van der Waals surface area (Å²) < 4.78 is 7.78. The molecule has 7 heteroatoms. The van der Waals surface area contributed by atoms with Crippen LogP contribution in [0.3, 0.4) is 0 Å². The maximum Gasteiger partial charge on any atom is 0.191 e. The van der Waals surface area contributed by atoms with E-state index in [1.54, 1.807) is 14.2 Å². The van der Waals surface area contributed by atoms with Gasteiger partial charge in [-0.1, -0.05) is 57.2 Å². The number of nitrogens with one attached hydrogen (secondary N) is 2. The van der Waals surface area contributed by atoms with E-state index in [2.05, 4.69) is 76.3 Å². The number of para-hydroxylation sites is 2. The Morgan fingerprint density at radius 2 is 1.74 bits per heavy atom. The van der Waals surface area contributed by atoms with Crippen LogP contribution in [0.1, 0.15) is 31.9 Å². The van der Waals surface area contributed by atoms with E-state index in [0.717, 1.165) is 23.5 Å². The van der Waals surface area contributed by atoms with Gasteiger partial charge in [0.05, 0.1) is 23.5 Å². The fourth-order valence-corrected chi connectivity index (χ4v) is 3.43. The summed E-state index contributed by atoms with van der Waals surface area (Å²) in [5.74, 6) is 0.773. The molecule has 6 nitrogen and oxygen atoms in total. The van der Waals surface area contributed by atoms with Gasteiger partial charge in [0, 0.05) is 33.8 Å². The first-order chi connectivity index (χ1) is 14.4. The van der Waals surface area contributed by atoms with Crippen molar-refractivity contribution >= 4 is 41.0 Å². The summed E-state index contributed by atoms with van der Waals surface area (Å²) in [5.41, 5.74) is 4.70. The molecule has 0 aliphatic rings. The molecule has 3 rings (SSSR count). The van der Waals surface area contributed by atoms with Gasteiger partial charge in [-0.05, 0) is 28.7 Å². The fraction of sp³-hybridized carbons (Fsp3) is 0.417. The highest BCUT2D eigenvalue weighted by atomic mass is 127. The third-order valence-electron chi connectivity index (χ3n) is 5.29. The second kappa shape index (κ2) is 11.5. The van der Waals surface area contributed by atoms with E-state index in [1.165, 1.54) is 11.1 Å². The molecule has 0 fully saturated rings. The molecule has 1 atom stereocenters. The van der Waals surface area contributed by atoms with Crippen LogP contribution in [0.4, 0.5) is 0 Å². The monoisotopic (exact) mass is 535 g/mol. The highest BCUT2D eigenvalue weighted by Crippen LogP contribution is 2.21. The minimum absolute atomic E-state index is 0. The molecule has 31 heavy (non-hydrogen) atoms. The Balaban J connectivity index is 0.00000341. The summed E-state index contributed by atoms with van der Waals surface area (Å²) in [7, 11) is 3.54. The number of rotatable bonds is 7. The van der Waals surface area contributed by atoms with E-state index in [4.69, 9.17) is 4.74 Å². The van der Waals surface area contributed by atoms with Crippen LogP contribution in [0.25, 0.3) is 11.0 Å². The van der Waals surface area contributed by atoms with Crippen LogP contribution in [0.5, 0.6) is 0 Å². The average molecular weight is 535 g/mol. The predicted molar refractivity (Wildman–Crippen MR) is 139 cm³/mol. The van der Waals surface area contributed by atoms with Crippen molar-refractivity contribution in [1.82, 2.24) is 20.2 Å². The lowest BCUT2D eigenvalue weighted by molar-refractivity contribution is 0.0205. The van der Waals surface area contributed by atoms with Gasteiger partial charge in [-0.2, -0.15) is 0 Å². The molecule has 3 aromatic rings. The molecule has 168 valence electrons. The molecule has 1 unspecified atom stereocenters. The normalized spacial score (nSPS) is 13.0. The molecule has 0 radical (unpaired) electrons. The van der Waals surface area contributed by atoms with Gasteiger partial charge < -0.3 is 19.9 Å². The molecule has 0 saturated carbocycles. The van der Waals surface area contributed by atoms with Crippen molar-refractivity contribution < 1.29 is 4.74 Å². The van der Waals surface area contributed by atoms with Gasteiger partial charge >= 0.3 is 0 Å². The zero-order valence-electron chi connectivity index (χ0n) is 19.1. The smallest absolute Gasteiger partial charge is 0.191 e. The summed E-state index contributed by atoms with van der Waals surface area (Å²) in [6, 6.07) is 16.9. The summed E-state index contributed by atoms with van der Waals surface area (Å²) in [4.78, 5) is 8.78. The number of fused-ring (bicyclic) bond motifs is 1. The number of aromatic nitrogens is 2. The number of methoxy groups -OCH3 is 1. The molecule has 0 aliphatic heterocycles. The maximum atomic E-state index is 5.60. The van der Waals surface area contributed by atoms with Gasteiger partial charge in [-0.25, -0.2) is 4.98 Å². The second-order valence-electron chi connectivity index (χ2n) is 8.57. The SMILES string of the molecule is CN=C(NCc1ccc(Cn2cnc3ccccc32)cc1)NCC(OC)C(C)(C)C.I. The van der Waals surface area contributed by atoms with Crippen molar-refractivity contribution in [2.45, 2.75) is 40.0 Å². The minimum atomic E-state index is 0. The fourth-order valence-electron chi connectivity index (χ4n) is 3.43. The van der Waals surface area contributed by atoms with E-state index >= 15 is 0 Å². The van der Waals surface area contributed by atoms with Crippen molar-refractivity contribution in [3.05, 3.63) is 66.0 Å². The molecule has 0 spiro atoms. The van der Waals surface area contributed by atoms with Gasteiger partial charge in [0.25, 0.3) is 0 Å². The second-order valence-corrected chi connectivity index (χ2v) is 8.57. The number of nitrogens with zero attached hydrogens (tertiary/aromatic N) is 3. The Hall–Kier alpha value is -2.13. The number of guanidine groups is 1. The van der Waals surface area contributed by atoms with Gasteiger partial charge in [0.1, 0.15) is 0 Å². The Kier molecular flexibility index (Phi) is 9.31. The van der Waals surface area contributed by atoms with Gasteiger partial charge in [0.15, 0.2) is 5.96 Å². The number of hydrogen-bond acceptors (Lipinski definition) is 3. The number of aliphatic imine (C=N–C) groups is 1. The Bertz CT molecular complexity index is 976. The number of benzene rings is 2. The maximum absolute atomic E-state index is 5.60. The Morgan fingerprint density at radius 1 is 1.06 bits per heavy atom. The number of halogens is 1. The van der Waals surface area contributed by atoms with E-state index in [-0.39, 0.29) is 35.5 Å². The molecule has 1 heterocycles. The zero-order chi connectivity index (χ0) is 21.6. The third-order valence-corrected chi connectivity index (χ3v) is 5.29. The molecule has 1 aromatic heterocycles. The minimum Gasteiger partial charge on any atom is -0.379 e. The van der Waals surface area contributed by atoms with Crippen molar-refractivity contribution in [3.63, 3.8) is 0 Å². The van der Waals surface area contributed by atoms with Crippen LogP contribution in [0.15, 0.2) is 59.9 Å². The van der Waals surface area contributed by atoms with Crippen LogP contribution in [0, 0.1) is 5.41 Å². The molecule has 2 N–H and O–H groups in total. The largest absolute Gasteiger partial charge is 0.379 e. The molecule has 0 aliphatic carbocycles. The number of imidazole rings is 1. The van der Waals surface area contributed by atoms with Crippen LogP contribution in [0.2, 0.25) is 0 Å². The van der Waals surface area contributed by atoms with Crippen LogP contribution < -0.4 is 10.6 Å². The van der Waals surface area contributed by atoms with E-state index < -0.39 is 0 Å². The summed E-state index contributed by atoms with van der Waals surface area (Å²) in [6.07, 6.45) is 2.01. The van der Waals surface area contributed by atoms with Gasteiger partial charge in [-0.3, -0.25) is 4.99 Å². The number of hydrogen-bond donors (Lipinski definition) is 2. The van der Waals surface area contributed by atoms with E-state index in [0.29, 0.717) is 13.1 Å². The molecule has 0 bridgehead atoms. The van der Waals surface area contributed by atoms with E-state index in [9.17, 15) is 0 Å². The van der Waals surface area contributed by atoms with Crippen molar-refractivity contribution in [3.8, 4) is 0 Å². The Morgan fingerprint density at radius 3 is 2.39 bits per heavy atom. The first-order valence-electron chi connectivity index (χ1n) is 10.4. The third kappa shape index (κ3) is 6.93. The number of ether oxygens (including phenoxy) is 1. The molecule has 0 amide bonds. The summed E-state index contributed by atoms with van der Waals surface area (Å²) >= 11 is 0. The molecular formula is C24H34IN5O. The summed E-state index contributed by atoms with van der Waals surface area (Å²) in [5, 5.41) is 6.73. The summed E-state index contributed by atoms with van der Waals surface area (Å²) in [6.45, 7) is 8.74. The first-order valence-corrected chi connectivity index (χ1v) is 10.4. The van der Waals surface area contributed by atoms with Crippen LogP contribution >= 0.6 is 24.0 Å². The van der Waals surface area contributed by atoms with Gasteiger partial charge in [0.2, 0.25) is 0 Å². The highest BCUT2D eigenvalue weighted by molar-refractivity contribution is 14.0. The van der Waals surface area contributed by atoms with Gasteiger partial charge in [-0.15, -0.1) is 24.0 Å². The lowest BCUT2D eigenvalue weighted by atomic mass is 9.89. The lowest BCUT2D eigenvalue weighted by Gasteiger charge is -2.30. The standard InChI is InChI=1S/C24H33N5O.HI/c1-24(2,3)22(30-5)15-27-23(25-4)26-14-18-10-12-19(13-11-18)16-29-17-28-20-8-6-7-9-21(20)29;/h6-13,17,22H,14-16H2,1-5H3,(H2,25,26,27);1H. The van der Waals surface area contributed by atoms with Crippen LogP contribution in [-0.4, -0.2) is 42.3 Å². The van der Waals surface area contributed by atoms with Crippen molar-refractivity contribution in [2.75, 3.05) is 20.7 Å². The zero-order valence-corrected chi connectivity index (χ0v) is 21.4. The average Bonchev–Trinajstić information content (AvgIpc) is 3.14. The molecule has 0 saturated heterocycles. The lowest BCUT2D eigenvalue weighted by Crippen LogP contribution is -2.45. The molecule has 2 aromatic carbocycles. The topological polar surface area (TPSA) is 63.5 Å². The van der Waals surface area contributed by atoms with E-state index in [1.807, 2.05) is 24.5 Å². The first kappa shape index (κ1) is 25.1. The van der Waals surface area contributed by atoms with Crippen molar-refractivity contribution in [2.24, 2.45) is 10.4 Å².